The Morgan fingerprint density at radius 3 is 2.33 bits per heavy atom. The zero-order valence-electron chi connectivity index (χ0n) is 6.78. The van der Waals surface area contributed by atoms with Gasteiger partial charge in [0.05, 0.1) is 0 Å². The third kappa shape index (κ3) is 1.70. The van der Waals surface area contributed by atoms with Crippen molar-refractivity contribution in [3.8, 4) is 0 Å². The van der Waals surface area contributed by atoms with Gasteiger partial charge in [0.25, 0.3) is 0 Å². The van der Waals surface area contributed by atoms with Crippen LogP contribution in [0, 0.1) is 17.8 Å². The second-order valence-corrected chi connectivity index (χ2v) is 3.63. The largest absolute Gasteiger partial charge is 0.0625 e. The summed E-state index contributed by atoms with van der Waals surface area (Å²) in [6.45, 7) is 7.01. The molecule has 0 nitrogen and oxygen atoms in total. The lowest BCUT2D eigenvalue weighted by atomic mass is 9.77. The minimum atomic E-state index is 0.904. The number of hydrogen-bond acceptors (Lipinski definition) is 0. The number of hydrogen-bond donors (Lipinski definition) is 0. The van der Waals surface area contributed by atoms with Gasteiger partial charge in [-0.25, -0.2) is 0 Å². The van der Waals surface area contributed by atoms with Crippen LogP contribution in [0.1, 0.15) is 40.0 Å². The highest BCUT2D eigenvalue weighted by Crippen LogP contribution is 2.33. The molecule has 1 aliphatic rings. The maximum absolute atomic E-state index is 2.36. The van der Waals surface area contributed by atoms with Crippen molar-refractivity contribution in [2.75, 3.05) is 0 Å². The van der Waals surface area contributed by atoms with Crippen LogP contribution in [0.3, 0.4) is 0 Å². The Balaban J connectivity index is 2.35. The lowest BCUT2D eigenvalue weighted by Gasteiger charge is -2.29. The van der Waals surface area contributed by atoms with Crippen molar-refractivity contribution in [3.63, 3.8) is 0 Å². The molecule has 1 saturated carbocycles. The first-order valence-electron chi connectivity index (χ1n) is 4.02. The highest BCUT2D eigenvalue weighted by Gasteiger charge is 2.21. The van der Waals surface area contributed by atoms with Crippen molar-refractivity contribution in [2.45, 2.75) is 40.0 Å². The van der Waals surface area contributed by atoms with E-state index < -0.39 is 0 Å². The number of rotatable bonds is 0. The molecule has 0 heterocycles. The molecule has 0 saturated heterocycles. The topological polar surface area (TPSA) is 0 Å². The van der Waals surface area contributed by atoms with Crippen LogP contribution in [-0.2, 0) is 0 Å². The third-order valence-electron chi connectivity index (χ3n) is 2.60. The monoisotopic (exact) mass is 125 g/mol. The molecule has 0 aromatic carbocycles. The van der Waals surface area contributed by atoms with Gasteiger partial charge in [-0.15, -0.1) is 0 Å². The van der Waals surface area contributed by atoms with E-state index in [1.54, 1.807) is 5.92 Å². The summed E-state index contributed by atoms with van der Waals surface area (Å²) in [7, 11) is 0. The predicted octanol–water partition coefficient (Wildman–Crippen LogP) is 3.04. The summed E-state index contributed by atoms with van der Waals surface area (Å²) in [5.74, 6) is 3.58. The summed E-state index contributed by atoms with van der Waals surface area (Å²) in [4.78, 5) is 0. The first-order chi connectivity index (χ1) is 4.20. The minimum absolute atomic E-state index is 0.904. The second-order valence-electron chi connectivity index (χ2n) is 3.63. The van der Waals surface area contributed by atoms with Crippen LogP contribution in [-0.4, -0.2) is 0 Å². The highest BCUT2D eigenvalue weighted by molar-refractivity contribution is 4.94. The first-order valence-corrected chi connectivity index (χ1v) is 4.02. The summed E-state index contributed by atoms with van der Waals surface area (Å²) in [5, 5.41) is 0. The zero-order valence-corrected chi connectivity index (χ0v) is 6.78. The molecule has 0 bridgehead atoms. The van der Waals surface area contributed by atoms with Crippen LogP contribution in [0.25, 0.3) is 0 Å². The molecule has 1 fully saturated rings. The van der Waals surface area contributed by atoms with E-state index in [4.69, 9.17) is 0 Å². The Morgan fingerprint density at radius 1 is 1.22 bits per heavy atom. The lowest BCUT2D eigenvalue weighted by Crippen LogP contribution is -2.16. The molecular weight excluding hydrogens is 108 g/mol. The predicted molar refractivity (Wildman–Crippen MR) is 41.1 cm³/mol. The fraction of sp³-hybridized carbons (Fsp3) is 0.889. The Labute approximate surface area is 58.7 Å². The van der Waals surface area contributed by atoms with Crippen LogP contribution >= 0.6 is 0 Å². The molecule has 0 spiro atoms. The van der Waals surface area contributed by atoms with Gasteiger partial charge in [-0.2, -0.15) is 0 Å². The summed E-state index contributed by atoms with van der Waals surface area (Å²) in [6.07, 6.45) is 4.24. The highest BCUT2D eigenvalue weighted by atomic mass is 14.3. The molecule has 0 aromatic heterocycles. The van der Waals surface area contributed by atoms with Crippen LogP contribution in [0.2, 0.25) is 0 Å². The third-order valence-corrected chi connectivity index (χ3v) is 2.60. The van der Waals surface area contributed by atoms with Crippen molar-refractivity contribution in [2.24, 2.45) is 11.8 Å². The van der Waals surface area contributed by atoms with Crippen LogP contribution < -0.4 is 0 Å². The molecule has 0 amide bonds. The minimum Gasteiger partial charge on any atom is -0.0625 e. The Morgan fingerprint density at radius 2 is 1.89 bits per heavy atom. The molecule has 0 N–H and O–H groups in total. The molecule has 2 atom stereocenters. The van der Waals surface area contributed by atoms with Gasteiger partial charge in [-0.3, -0.25) is 0 Å². The van der Waals surface area contributed by atoms with E-state index in [2.05, 4.69) is 20.8 Å². The smallest absolute Gasteiger partial charge is 0.0241 e. The van der Waals surface area contributed by atoms with Crippen LogP contribution in [0.15, 0.2) is 0 Å². The van der Waals surface area contributed by atoms with E-state index in [1.165, 1.54) is 19.3 Å². The van der Waals surface area contributed by atoms with E-state index in [0.717, 1.165) is 11.8 Å². The molecular formula is C9H17. The van der Waals surface area contributed by atoms with Gasteiger partial charge >= 0.3 is 0 Å². The molecule has 1 rings (SSSR count). The normalized spacial score (nSPS) is 39.0. The molecule has 9 heavy (non-hydrogen) atoms. The Kier molecular flexibility index (Phi) is 2.15. The van der Waals surface area contributed by atoms with E-state index in [9.17, 15) is 0 Å². The van der Waals surface area contributed by atoms with Gasteiger partial charge in [0, 0.05) is 0 Å². The Hall–Kier alpha value is 0. The molecule has 0 aromatic rings. The maximum atomic E-state index is 2.36. The fourth-order valence-electron chi connectivity index (χ4n) is 1.63. The maximum Gasteiger partial charge on any atom is -0.0241 e. The van der Waals surface area contributed by atoms with E-state index in [-0.39, 0.29) is 0 Å². The SMILES string of the molecule is C[C]1CC(C)CCC1C. The molecule has 2 unspecified atom stereocenters. The van der Waals surface area contributed by atoms with Crippen molar-refractivity contribution in [1.29, 1.82) is 0 Å². The summed E-state index contributed by atoms with van der Waals surface area (Å²) in [5.41, 5.74) is 0. The molecule has 0 aliphatic heterocycles. The molecule has 1 aliphatic carbocycles. The second kappa shape index (κ2) is 2.72. The van der Waals surface area contributed by atoms with Gasteiger partial charge in [-0.1, -0.05) is 27.2 Å². The van der Waals surface area contributed by atoms with Crippen molar-refractivity contribution in [1.82, 2.24) is 0 Å². The average molecular weight is 125 g/mol. The van der Waals surface area contributed by atoms with Crippen molar-refractivity contribution >= 4 is 0 Å². The average Bonchev–Trinajstić information content (AvgIpc) is 1.80. The summed E-state index contributed by atoms with van der Waals surface area (Å²) < 4.78 is 0. The van der Waals surface area contributed by atoms with Crippen molar-refractivity contribution in [3.05, 3.63) is 5.92 Å². The van der Waals surface area contributed by atoms with Gasteiger partial charge in [0.1, 0.15) is 0 Å². The van der Waals surface area contributed by atoms with E-state index >= 15 is 0 Å². The van der Waals surface area contributed by atoms with E-state index in [1.807, 2.05) is 0 Å². The van der Waals surface area contributed by atoms with E-state index in [0.29, 0.717) is 0 Å². The zero-order chi connectivity index (χ0) is 6.85. The fourth-order valence-corrected chi connectivity index (χ4v) is 1.63. The van der Waals surface area contributed by atoms with Crippen LogP contribution in [0.4, 0.5) is 0 Å². The van der Waals surface area contributed by atoms with Crippen LogP contribution in [0.5, 0.6) is 0 Å². The van der Waals surface area contributed by atoms with Gasteiger partial charge < -0.3 is 0 Å². The van der Waals surface area contributed by atoms with Gasteiger partial charge in [0.2, 0.25) is 0 Å². The molecule has 0 heteroatoms. The van der Waals surface area contributed by atoms with Crippen molar-refractivity contribution < 1.29 is 0 Å². The summed E-state index contributed by atoms with van der Waals surface area (Å²) >= 11 is 0. The first kappa shape index (κ1) is 7.11. The molecule has 53 valence electrons. The summed E-state index contributed by atoms with van der Waals surface area (Å²) in [6, 6.07) is 0. The lowest BCUT2D eigenvalue weighted by molar-refractivity contribution is 0.341. The van der Waals surface area contributed by atoms with Gasteiger partial charge in [-0.05, 0) is 30.6 Å². The quantitative estimate of drug-likeness (QED) is 0.467. The Bertz CT molecular complexity index is 86.0. The standard InChI is InChI=1S/C9H17/c1-7-4-5-8(2)9(3)6-7/h7-8H,4-6H2,1-3H3. The van der Waals surface area contributed by atoms with Gasteiger partial charge in [0.15, 0.2) is 0 Å². The molecule has 1 radical (unpaired) electrons.